The van der Waals surface area contributed by atoms with Gasteiger partial charge in [-0.1, -0.05) is 124 Å². The smallest absolute Gasteiger partial charge is 0.0494 e. The Labute approximate surface area is 268 Å². The number of allylic oxidation sites excluding steroid dienone is 5. The van der Waals surface area contributed by atoms with Crippen LogP contribution in [0, 0.1) is 0 Å². The van der Waals surface area contributed by atoms with Crippen LogP contribution in [0.4, 0.5) is 5.69 Å². The summed E-state index contributed by atoms with van der Waals surface area (Å²) in [4.78, 5) is 0. The van der Waals surface area contributed by atoms with Crippen LogP contribution in [0.15, 0.2) is 128 Å². The van der Waals surface area contributed by atoms with Gasteiger partial charge in [-0.3, -0.25) is 0 Å². The molecule has 2 aliphatic rings. The van der Waals surface area contributed by atoms with Crippen LogP contribution in [0.3, 0.4) is 0 Å². The Bertz CT molecular complexity index is 1840. The van der Waals surface area contributed by atoms with Gasteiger partial charge in [-0.2, -0.15) is 0 Å². The van der Waals surface area contributed by atoms with E-state index in [1.54, 1.807) is 12.2 Å². The Morgan fingerprint density at radius 2 is 1.60 bits per heavy atom. The Morgan fingerprint density at radius 1 is 0.837 bits per heavy atom. The first-order chi connectivity index (χ1) is 20.5. The second-order valence-corrected chi connectivity index (χ2v) is 11.7. The van der Waals surface area contributed by atoms with Crippen molar-refractivity contribution < 1.29 is 18.6 Å². The number of rotatable bonds is 6. The average molecular weight is 600 g/mol. The molecule has 2 nitrogen and oxygen atoms in total. The van der Waals surface area contributed by atoms with E-state index in [4.69, 9.17) is 0 Å². The largest absolute Gasteiger partial charge is 0.382 e. The van der Waals surface area contributed by atoms with E-state index in [9.17, 15) is 0 Å². The molecule has 0 bridgehead atoms. The summed E-state index contributed by atoms with van der Waals surface area (Å²) in [5.74, 6) is 0. The number of aromatic nitrogens is 1. The molecule has 1 heterocycles. The molecule has 4 aromatic carbocycles. The van der Waals surface area contributed by atoms with Gasteiger partial charge in [0.05, 0.1) is 0 Å². The van der Waals surface area contributed by atoms with Gasteiger partial charge in [0.1, 0.15) is 0 Å². The van der Waals surface area contributed by atoms with Gasteiger partial charge in [0, 0.05) is 59.3 Å². The van der Waals surface area contributed by atoms with Crippen molar-refractivity contribution in [3.05, 3.63) is 151 Å². The summed E-state index contributed by atoms with van der Waals surface area (Å²) < 4.78 is 2.55. The van der Waals surface area contributed by atoms with Crippen LogP contribution in [0.25, 0.3) is 32.8 Å². The SMILES string of the molecule is C=CC=C.CC1(C)c2ccccc2-c2ccc(NC/C=C\Cn3c4c(c5c6ccccc6ccc53)CC=CCC4)cc21.[V]. The summed E-state index contributed by atoms with van der Waals surface area (Å²) in [6.07, 6.45) is 15.8. The second kappa shape index (κ2) is 13.1. The number of hydrogen-bond acceptors (Lipinski definition) is 1. The van der Waals surface area contributed by atoms with E-state index < -0.39 is 0 Å². The summed E-state index contributed by atoms with van der Waals surface area (Å²) >= 11 is 0. The number of fused-ring (bicyclic) bond motifs is 8. The van der Waals surface area contributed by atoms with E-state index in [0.717, 1.165) is 32.4 Å². The monoisotopic (exact) mass is 599 g/mol. The van der Waals surface area contributed by atoms with Gasteiger partial charge < -0.3 is 9.88 Å². The molecule has 0 aliphatic heterocycles. The first kappa shape index (κ1) is 30.5. The van der Waals surface area contributed by atoms with Crippen molar-refractivity contribution in [3.8, 4) is 11.1 Å². The number of nitrogens with one attached hydrogen (secondary N) is 1. The Balaban J connectivity index is 0.000000695. The van der Waals surface area contributed by atoms with Crippen LogP contribution >= 0.6 is 0 Å². The minimum absolute atomic E-state index is 0. The molecular weight excluding hydrogens is 559 g/mol. The van der Waals surface area contributed by atoms with Crippen LogP contribution in [0.5, 0.6) is 0 Å². The van der Waals surface area contributed by atoms with Gasteiger partial charge in [0.15, 0.2) is 0 Å². The number of benzene rings is 4. The molecule has 0 unspecified atom stereocenters. The van der Waals surface area contributed by atoms with Gasteiger partial charge in [0.25, 0.3) is 0 Å². The third kappa shape index (κ3) is 5.70. The Kier molecular flexibility index (Phi) is 9.30. The van der Waals surface area contributed by atoms with Crippen LogP contribution < -0.4 is 5.32 Å². The average Bonchev–Trinajstić information content (AvgIpc) is 3.29. The molecule has 0 atom stereocenters. The Hall–Kier alpha value is -3.98. The maximum atomic E-state index is 3.65. The molecule has 2 aliphatic carbocycles. The van der Waals surface area contributed by atoms with Crippen LogP contribution in [-0.4, -0.2) is 11.1 Å². The van der Waals surface area contributed by atoms with Crippen molar-refractivity contribution in [1.82, 2.24) is 4.57 Å². The number of anilines is 1. The summed E-state index contributed by atoms with van der Waals surface area (Å²) in [6.45, 7) is 13.1. The molecule has 215 valence electrons. The maximum absolute atomic E-state index is 3.65. The molecule has 0 spiro atoms. The van der Waals surface area contributed by atoms with Crippen LogP contribution in [-0.2, 0) is 43.4 Å². The topological polar surface area (TPSA) is 17.0 Å². The quantitative estimate of drug-likeness (QED) is 0.152. The summed E-state index contributed by atoms with van der Waals surface area (Å²) in [6, 6.07) is 29.1. The van der Waals surface area contributed by atoms with E-state index in [0.29, 0.717) is 0 Å². The van der Waals surface area contributed by atoms with Crippen molar-refractivity contribution >= 4 is 27.4 Å². The zero-order valence-corrected chi connectivity index (χ0v) is 26.7. The van der Waals surface area contributed by atoms with Crippen molar-refractivity contribution in [1.29, 1.82) is 0 Å². The van der Waals surface area contributed by atoms with Gasteiger partial charge in [0.2, 0.25) is 0 Å². The van der Waals surface area contributed by atoms with Gasteiger partial charge in [-0.15, -0.1) is 0 Å². The van der Waals surface area contributed by atoms with Gasteiger partial charge in [-0.05, 0) is 76.1 Å². The van der Waals surface area contributed by atoms with E-state index in [1.165, 1.54) is 60.9 Å². The third-order valence-electron chi connectivity index (χ3n) is 8.84. The summed E-state index contributed by atoms with van der Waals surface area (Å²) in [5.41, 5.74) is 11.2. The number of hydrogen-bond donors (Lipinski definition) is 1. The molecule has 3 heteroatoms. The Morgan fingerprint density at radius 3 is 2.44 bits per heavy atom. The zero-order valence-electron chi connectivity index (χ0n) is 25.3. The van der Waals surface area contributed by atoms with E-state index in [-0.39, 0.29) is 24.0 Å². The molecular formula is C40H40N2V. The first-order valence-corrected chi connectivity index (χ1v) is 15.1. The molecule has 1 aromatic heterocycles. The third-order valence-corrected chi connectivity index (χ3v) is 8.84. The predicted molar refractivity (Wildman–Crippen MR) is 183 cm³/mol. The summed E-state index contributed by atoms with van der Waals surface area (Å²) in [7, 11) is 0. The van der Waals surface area contributed by atoms with E-state index >= 15 is 0 Å². The molecule has 5 aromatic rings. The fourth-order valence-electron chi connectivity index (χ4n) is 6.76. The van der Waals surface area contributed by atoms with Crippen LogP contribution in [0.1, 0.15) is 42.7 Å². The minimum atomic E-state index is 0. The van der Waals surface area contributed by atoms with Gasteiger partial charge in [-0.25, -0.2) is 0 Å². The molecule has 1 N–H and O–H groups in total. The number of nitrogens with zero attached hydrogens (tertiary/aromatic N) is 1. The molecule has 0 saturated heterocycles. The molecule has 0 saturated carbocycles. The fraction of sp³-hybridized carbons (Fsp3) is 0.200. The van der Waals surface area contributed by atoms with E-state index in [1.807, 2.05) is 0 Å². The minimum Gasteiger partial charge on any atom is -0.382 e. The van der Waals surface area contributed by atoms with Crippen molar-refractivity contribution in [3.63, 3.8) is 0 Å². The molecule has 43 heavy (non-hydrogen) atoms. The van der Waals surface area contributed by atoms with Crippen molar-refractivity contribution in [2.24, 2.45) is 0 Å². The second-order valence-electron chi connectivity index (χ2n) is 11.7. The molecule has 0 fully saturated rings. The van der Waals surface area contributed by atoms with Gasteiger partial charge >= 0.3 is 0 Å². The zero-order chi connectivity index (χ0) is 29.1. The normalized spacial score (nSPS) is 14.2. The molecule has 1 radical (unpaired) electrons. The fourth-order valence-corrected chi connectivity index (χ4v) is 6.76. The van der Waals surface area contributed by atoms with Crippen LogP contribution in [0.2, 0.25) is 0 Å². The summed E-state index contributed by atoms with van der Waals surface area (Å²) in [5, 5.41) is 7.79. The van der Waals surface area contributed by atoms with Crippen molar-refractivity contribution in [2.45, 2.75) is 45.1 Å². The standard InChI is InChI=1S/C36H34N2.C4H6.V/c1-36(2)31-16-9-8-14-28(31)29-20-19-26(24-32(29)36)37-22-10-11-23-38-33-17-5-3-4-15-30(33)35-27-13-7-6-12-25(27)18-21-34(35)38;1-3-4-2;/h3-4,6-14,16,18-21,24,37H,5,15,17,22-23H2,1-2H3;3-4H,1-2H2;/b11-10-;;. The molecule has 7 rings (SSSR count). The maximum Gasteiger partial charge on any atom is 0.0494 e. The van der Waals surface area contributed by atoms with E-state index in [2.05, 4.69) is 140 Å². The van der Waals surface area contributed by atoms with Crippen molar-refractivity contribution in [2.75, 3.05) is 11.9 Å². The predicted octanol–water partition coefficient (Wildman–Crippen LogP) is 10.2. The first-order valence-electron chi connectivity index (χ1n) is 15.1. The molecule has 0 amide bonds.